The van der Waals surface area contributed by atoms with Crippen LogP contribution in [0.4, 0.5) is 0 Å². The number of carbonyl (C=O) groups excluding carboxylic acids is 1. The Hall–Kier alpha value is -1.72. The van der Waals surface area contributed by atoms with Crippen molar-refractivity contribution in [3.05, 3.63) is 23.8 Å². The maximum absolute atomic E-state index is 13.4. The second-order valence-corrected chi connectivity index (χ2v) is 9.46. The largest absolute Gasteiger partial charge is 0.495 e. The molecule has 0 aliphatic carbocycles. The third-order valence-corrected chi connectivity index (χ3v) is 7.69. The van der Waals surface area contributed by atoms with Crippen LogP contribution >= 0.6 is 0 Å². The van der Waals surface area contributed by atoms with Gasteiger partial charge in [-0.1, -0.05) is 0 Å². The lowest BCUT2D eigenvalue weighted by atomic mass is 10.00. The smallest absolute Gasteiger partial charge is 0.254 e. The average molecular weight is 441 g/mol. The van der Waals surface area contributed by atoms with Crippen molar-refractivity contribution in [2.75, 3.05) is 53.2 Å². The van der Waals surface area contributed by atoms with Gasteiger partial charge in [-0.25, -0.2) is 8.42 Å². The topological polar surface area (TPSA) is 94.6 Å². The molecule has 9 nitrogen and oxygen atoms in total. The minimum atomic E-state index is -3.81. The second kappa shape index (κ2) is 9.19. The number of rotatable bonds is 5. The first-order valence-corrected chi connectivity index (χ1v) is 11.8. The van der Waals surface area contributed by atoms with Gasteiger partial charge in [0.15, 0.2) is 6.29 Å². The molecule has 1 aromatic carbocycles. The fourth-order valence-corrected chi connectivity index (χ4v) is 5.78. The first kappa shape index (κ1) is 21.5. The summed E-state index contributed by atoms with van der Waals surface area (Å²) in [4.78, 5) is 15.1. The number of methoxy groups -OCH3 is 1. The van der Waals surface area contributed by atoms with Crippen LogP contribution in [0.1, 0.15) is 29.6 Å². The molecular formula is C20H28N2O7S. The van der Waals surface area contributed by atoms with Gasteiger partial charge in [-0.3, -0.25) is 4.79 Å². The molecule has 1 aromatic rings. The molecule has 0 bridgehead atoms. The van der Waals surface area contributed by atoms with Crippen molar-refractivity contribution in [2.24, 2.45) is 0 Å². The van der Waals surface area contributed by atoms with Gasteiger partial charge in [0.2, 0.25) is 10.0 Å². The van der Waals surface area contributed by atoms with E-state index in [9.17, 15) is 13.2 Å². The number of piperidine rings is 1. The summed E-state index contributed by atoms with van der Waals surface area (Å²) >= 11 is 0. The fourth-order valence-electron chi connectivity index (χ4n) is 4.19. The molecule has 0 N–H and O–H groups in total. The number of carbonyl (C=O) groups is 1. The Morgan fingerprint density at radius 2 is 1.80 bits per heavy atom. The van der Waals surface area contributed by atoms with Crippen LogP contribution < -0.4 is 4.74 Å². The molecule has 0 radical (unpaired) electrons. The molecule has 1 atom stereocenters. The maximum atomic E-state index is 13.4. The Morgan fingerprint density at radius 3 is 2.50 bits per heavy atom. The lowest BCUT2D eigenvalue weighted by Crippen LogP contribution is -2.50. The summed E-state index contributed by atoms with van der Waals surface area (Å²) in [6, 6.07) is 4.41. The van der Waals surface area contributed by atoms with Gasteiger partial charge in [0.25, 0.3) is 5.91 Å². The molecule has 3 saturated heterocycles. The van der Waals surface area contributed by atoms with E-state index in [4.69, 9.17) is 18.9 Å². The van der Waals surface area contributed by atoms with E-state index in [2.05, 4.69) is 0 Å². The lowest BCUT2D eigenvalue weighted by molar-refractivity contribution is -0.100. The van der Waals surface area contributed by atoms with E-state index in [0.717, 1.165) is 19.3 Å². The lowest BCUT2D eigenvalue weighted by Gasteiger charge is -2.38. The van der Waals surface area contributed by atoms with E-state index in [1.807, 2.05) is 0 Å². The number of ether oxygens (including phenoxy) is 4. The summed E-state index contributed by atoms with van der Waals surface area (Å²) < 4.78 is 49.7. The minimum absolute atomic E-state index is 0.000300. The monoisotopic (exact) mass is 440 g/mol. The van der Waals surface area contributed by atoms with Crippen LogP contribution in [0.5, 0.6) is 5.75 Å². The van der Waals surface area contributed by atoms with Crippen LogP contribution in [0.15, 0.2) is 23.1 Å². The standard InChI is InChI=1S/C20H28N2O7S/c1-26-17-6-5-15(14-18(17)30(24,25)21-8-10-27-11-9-21)19(23)22-7-3-2-4-16(22)20-28-12-13-29-20/h5-6,14,16,20H,2-4,7-13H2,1H3. The van der Waals surface area contributed by atoms with Crippen molar-refractivity contribution in [3.8, 4) is 5.75 Å². The minimum Gasteiger partial charge on any atom is -0.495 e. The van der Waals surface area contributed by atoms with E-state index in [1.54, 1.807) is 17.0 Å². The highest BCUT2D eigenvalue weighted by atomic mass is 32.2. The number of benzene rings is 1. The Bertz CT molecular complexity index is 864. The number of sulfonamides is 1. The first-order chi connectivity index (χ1) is 14.5. The number of likely N-dealkylation sites (tertiary alicyclic amines) is 1. The fraction of sp³-hybridized carbons (Fsp3) is 0.650. The zero-order valence-corrected chi connectivity index (χ0v) is 17.9. The number of nitrogens with zero attached hydrogens (tertiary/aromatic N) is 2. The van der Waals surface area contributed by atoms with E-state index in [0.29, 0.717) is 38.5 Å². The molecule has 166 valence electrons. The van der Waals surface area contributed by atoms with Gasteiger partial charge in [0.1, 0.15) is 10.6 Å². The van der Waals surface area contributed by atoms with Gasteiger partial charge >= 0.3 is 0 Å². The zero-order chi connectivity index (χ0) is 21.1. The van der Waals surface area contributed by atoms with Crippen LogP contribution in [0.25, 0.3) is 0 Å². The summed E-state index contributed by atoms with van der Waals surface area (Å²) in [5.74, 6) is -0.00410. The predicted molar refractivity (Wildman–Crippen MR) is 107 cm³/mol. The highest BCUT2D eigenvalue weighted by Crippen LogP contribution is 2.31. The molecule has 1 amide bonds. The van der Waals surface area contributed by atoms with Crippen molar-refractivity contribution in [2.45, 2.75) is 36.5 Å². The normalized spacial score (nSPS) is 24.2. The Kier molecular flexibility index (Phi) is 6.59. The van der Waals surface area contributed by atoms with Crippen molar-refractivity contribution < 1.29 is 32.2 Å². The molecule has 0 aromatic heterocycles. The van der Waals surface area contributed by atoms with Gasteiger partial charge in [-0.15, -0.1) is 0 Å². The van der Waals surface area contributed by atoms with Gasteiger partial charge < -0.3 is 23.8 Å². The SMILES string of the molecule is COc1ccc(C(=O)N2CCCCC2C2OCCO2)cc1S(=O)(=O)N1CCOCC1. The molecule has 1 unspecified atom stereocenters. The molecule has 3 fully saturated rings. The molecule has 0 spiro atoms. The summed E-state index contributed by atoms with van der Waals surface area (Å²) in [6.45, 7) is 2.86. The molecule has 30 heavy (non-hydrogen) atoms. The Labute approximate surface area is 176 Å². The molecule has 3 heterocycles. The summed E-state index contributed by atoms with van der Waals surface area (Å²) in [6.07, 6.45) is 2.26. The van der Waals surface area contributed by atoms with Crippen molar-refractivity contribution in [1.29, 1.82) is 0 Å². The van der Waals surface area contributed by atoms with Crippen LogP contribution in [0, 0.1) is 0 Å². The van der Waals surface area contributed by atoms with E-state index >= 15 is 0 Å². The summed E-state index contributed by atoms with van der Waals surface area (Å²) in [5.41, 5.74) is 0.313. The van der Waals surface area contributed by atoms with E-state index < -0.39 is 16.3 Å². The average Bonchev–Trinajstić information content (AvgIpc) is 3.33. The van der Waals surface area contributed by atoms with E-state index in [1.165, 1.54) is 17.5 Å². The Morgan fingerprint density at radius 1 is 1.07 bits per heavy atom. The summed E-state index contributed by atoms with van der Waals surface area (Å²) in [7, 11) is -2.39. The van der Waals surface area contributed by atoms with Gasteiger partial charge in [0.05, 0.1) is 39.6 Å². The summed E-state index contributed by atoms with van der Waals surface area (Å²) in [5, 5.41) is 0. The molecule has 3 aliphatic heterocycles. The van der Waals surface area contributed by atoms with Gasteiger partial charge in [0, 0.05) is 25.2 Å². The number of hydrogen-bond donors (Lipinski definition) is 0. The third-order valence-electron chi connectivity index (χ3n) is 5.77. The molecular weight excluding hydrogens is 412 g/mol. The molecule has 3 aliphatic rings. The zero-order valence-electron chi connectivity index (χ0n) is 17.1. The van der Waals surface area contributed by atoms with Crippen LogP contribution in [-0.2, 0) is 24.2 Å². The van der Waals surface area contributed by atoms with Crippen LogP contribution in [0.2, 0.25) is 0 Å². The van der Waals surface area contributed by atoms with Crippen molar-refractivity contribution in [3.63, 3.8) is 0 Å². The van der Waals surface area contributed by atoms with Crippen molar-refractivity contribution in [1.82, 2.24) is 9.21 Å². The quantitative estimate of drug-likeness (QED) is 0.676. The second-order valence-electron chi connectivity index (χ2n) is 7.55. The first-order valence-electron chi connectivity index (χ1n) is 10.3. The number of amides is 1. The molecule has 0 saturated carbocycles. The highest BCUT2D eigenvalue weighted by molar-refractivity contribution is 7.89. The molecule has 10 heteroatoms. The van der Waals surface area contributed by atoms with Crippen LogP contribution in [-0.4, -0.2) is 89.0 Å². The van der Waals surface area contributed by atoms with E-state index in [-0.39, 0.29) is 35.7 Å². The predicted octanol–water partition coefficient (Wildman–Crippen LogP) is 1.08. The third kappa shape index (κ3) is 4.19. The molecule has 4 rings (SSSR count). The Balaban J connectivity index is 1.64. The van der Waals surface area contributed by atoms with Gasteiger partial charge in [-0.2, -0.15) is 4.31 Å². The van der Waals surface area contributed by atoms with Crippen molar-refractivity contribution >= 4 is 15.9 Å². The van der Waals surface area contributed by atoms with Crippen LogP contribution in [0.3, 0.4) is 0 Å². The number of morpholine rings is 1. The number of hydrogen-bond acceptors (Lipinski definition) is 7. The maximum Gasteiger partial charge on any atom is 0.254 e. The highest BCUT2D eigenvalue weighted by Gasteiger charge is 2.37. The van der Waals surface area contributed by atoms with Gasteiger partial charge in [-0.05, 0) is 37.5 Å².